The van der Waals surface area contributed by atoms with Gasteiger partial charge in [0, 0.05) is 55.7 Å². The van der Waals surface area contributed by atoms with Crippen LogP contribution >= 0.6 is 0 Å². The van der Waals surface area contributed by atoms with Gasteiger partial charge in [-0.3, -0.25) is 4.79 Å². The van der Waals surface area contributed by atoms with Crippen LogP contribution in [0.1, 0.15) is 62.5 Å². The Bertz CT molecular complexity index is 1540. The zero-order valence-corrected chi connectivity index (χ0v) is 26.8. The summed E-state index contributed by atoms with van der Waals surface area (Å²) in [5, 5.41) is 8.69. The van der Waals surface area contributed by atoms with Crippen molar-refractivity contribution in [3.8, 4) is 5.69 Å². The highest BCUT2D eigenvalue weighted by molar-refractivity contribution is 5.94. The van der Waals surface area contributed by atoms with E-state index in [1.54, 1.807) is 4.68 Å². The highest BCUT2D eigenvalue weighted by Gasteiger charge is 2.69. The molecule has 0 unspecified atom stereocenters. The van der Waals surface area contributed by atoms with Crippen LogP contribution in [-0.2, 0) is 30.6 Å². The molecule has 46 heavy (non-hydrogen) atoms. The Morgan fingerprint density at radius 1 is 0.935 bits per heavy atom. The number of anilines is 1. The van der Waals surface area contributed by atoms with Crippen molar-refractivity contribution in [1.29, 1.82) is 0 Å². The van der Waals surface area contributed by atoms with Crippen LogP contribution in [-0.4, -0.2) is 75.9 Å². The van der Waals surface area contributed by atoms with E-state index in [9.17, 15) is 4.79 Å². The van der Waals surface area contributed by atoms with Gasteiger partial charge in [0.15, 0.2) is 18.2 Å². The monoisotopic (exact) mass is 629 g/mol. The van der Waals surface area contributed by atoms with E-state index in [1.165, 1.54) is 5.69 Å². The van der Waals surface area contributed by atoms with Crippen molar-refractivity contribution >= 4 is 11.6 Å². The molecule has 5 saturated heterocycles. The third-order valence-electron chi connectivity index (χ3n) is 11.1. The second-order valence-corrected chi connectivity index (χ2v) is 13.9. The minimum atomic E-state index is -0.817. The number of para-hydroxylation sites is 1. The lowest BCUT2D eigenvalue weighted by atomic mass is 9.58. The number of aromatic nitrogens is 3. The second kappa shape index (κ2) is 11.7. The molecule has 3 aromatic rings. The van der Waals surface area contributed by atoms with E-state index < -0.39 is 24.0 Å². The first-order valence-corrected chi connectivity index (χ1v) is 16.8. The van der Waals surface area contributed by atoms with Crippen molar-refractivity contribution in [2.45, 2.75) is 77.0 Å². The molecule has 8 atom stereocenters. The van der Waals surface area contributed by atoms with E-state index >= 15 is 0 Å². The Labute approximate surface area is 269 Å². The average molecular weight is 630 g/mol. The predicted octanol–water partition coefficient (Wildman–Crippen LogP) is 4.95. The first kappa shape index (κ1) is 30.0. The van der Waals surface area contributed by atoms with E-state index in [-0.39, 0.29) is 24.3 Å². The molecule has 9 rings (SSSR count). The third kappa shape index (κ3) is 5.13. The van der Waals surface area contributed by atoms with Gasteiger partial charge in [-0.2, -0.15) is 0 Å². The fourth-order valence-corrected chi connectivity index (χ4v) is 8.47. The predicted molar refractivity (Wildman–Crippen MR) is 168 cm³/mol. The number of nitrogens with zero attached hydrogens (tertiary/aromatic N) is 5. The number of hydrogen-bond acceptors (Lipinski definition) is 9. The maximum atomic E-state index is 13.2. The van der Waals surface area contributed by atoms with Gasteiger partial charge in [-0.25, -0.2) is 14.5 Å². The molecule has 2 aromatic carbocycles. The summed E-state index contributed by atoms with van der Waals surface area (Å²) in [6.45, 7) is 9.70. The van der Waals surface area contributed by atoms with E-state index in [4.69, 9.17) is 24.0 Å². The maximum absolute atomic E-state index is 13.2. The van der Waals surface area contributed by atoms with E-state index in [1.807, 2.05) is 60.5 Å². The first-order valence-electron chi connectivity index (χ1n) is 16.8. The Hall–Kier alpha value is -3.35. The van der Waals surface area contributed by atoms with Crippen LogP contribution in [0.2, 0.25) is 0 Å². The molecule has 5 aliphatic heterocycles. The number of piperazine rings is 1. The molecule has 6 fully saturated rings. The van der Waals surface area contributed by atoms with Gasteiger partial charge in [-0.1, -0.05) is 37.3 Å². The smallest absolute Gasteiger partial charge is 0.253 e. The van der Waals surface area contributed by atoms with Crippen molar-refractivity contribution in [2.24, 2.45) is 23.7 Å². The molecule has 244 valence electrons. The van der Waals surface area contributed by atoms with Crippen molar-refractivity contribution in [3.63, 3.8) is 0 Å². The summed E-state index contributed by atoms with van der Waals surface area (Å²) in [4.78, 5) is 29.6. The minimum Gasteiger partial charge on any atom is -0.368 e. The highest BCUT2D eigenvalue weighted by Crippen LogP contribution is 2.60. The van der Waals surface area contributed by atoms with Crippen molar-refractivity contribution < 1.29 is 28.8 Å². The van der Waals surface area contributed by atoms with Crippen molar-refractivity contribution in [1.82, 2.24) is 19.9 Å². The van der Waals surface area contributed by atoms with Gasteiger partial charge in [0.1, 0.15) is 5.69 Å². The molecular formula is C35H43N5O6. The largest absolute Gasteiger partial charge is 0.368 e. The molecule has 1 spiro atoms. The SMILES string of the molecule is C[C@H]1[C@@H](OCc2cn(-c3ccc(C(=O)N4CCN(c5ccccc5)CC4)cc3)nn2)O[C@@H]2O[C@@]3(C)CC[C@H]4[C@H](C)CC[C@@H]1[C@@]24OO3. The number of hydrogen-bond donors (Lipinski definition) is 0. The van der Waals surface area contributed by atoms with Gasteiger partial charge in [0.25, 0.3) is 5.91 Å². The summed E-state index contributed by atoms with van der Waals surface area (Å²) >= 11 is 0. The van der Waals surface area contributed by atoms with E-state index in [0.29, 0.717) is 36.2 Å². The van der Waals surface area contributed by atoms with Gasteiger partial charge < -0.3 is 24.0 Å². The summed E-state index contributed by atoms with van der Waals surface area (Å²) < 4.78 is 21.1. The normalized spacial score (nSPS) is 35.5. The molecule has 11 nitrogen and oxygen atoms in total. The second-order valence-electron chi connectivity index (χ2n) is 13.9. The van der Waals surface area contributed by atoms with Gasteiger partial charge in [0.2, 0.25) is 5.79 Å². The summed E-state index contributed by atoms with van der Waals surface area (Å²) in [7, 11) is 0. The zero-order valence-electron chi connectivity index (χ0n) is 26.8. The molecule has 11 heteroatoms. The van der Waals surface area contributed by atoms with Gasteiger partial charge in [-0.15, -0.1) is 5.10 Å². The summed E-state index contributed by atoms with van der Waals surface area (Å²) in [5.74, 6) is 0.342. The standard InChI is InChI=1S/C35H43N5O6/c1-23-9-14-30-24(2)32(43-33-35(30)29(23)15-16-34(3,44-33)45-46-35)42-22-26-21-40(37-36-26)28-12-10-25(11-13-28)31(41)39-19-17-38(18-20-39)27-7-5-4-6-8-27/h4-8,10-13,21,23-24,29-30,32-33H,9,14-20,22H2,1-3H3/t23-,24-,29+,30+,32+,33-,34-,35-/m1/s1. The summed E-state index contributed by atoms with van der Waals surface area (Å²) in [6.07, 6.45) is 4.78. The van der Waals surface area contributed by atoms with Crippen LogP contribution in [0.3, 0.4) is 0 Å². The lowest BCUT2D eigenvalue weighted by Gasteiger charge is -2.60. The van der Waals surface area contributed by atoms with Crippen LogP contribution < -0.4 is 4.90 Å². The van der Waals surface area contributed by atoms with Crippen LogP contribution in [0.25, 0.3) is 5.69 Å². The quantitative estimate of drug-likeness (QED) is 0.351. The molecule has 1 aliphatic carbocycles. The van der Waals surface area contributed by atoms with E-state index in [0.717, 1.165) is 44.5 Å². The number of benzene rings is 2. The average Bonchev–Trinajstić information content (AvgIpc) is 3.45. The van der Waals surface area contributed by atoms with Crippen LogP contribution in [0.4, 0.5) is 5.69 Å². The molecule has 1 saturated carbocycles. The zero-order chi connectivity index (χ0) is 31.5. The molecule has 0 N–H and O–H groups in total. The summed E-state index contributed by atoms with van der Waals surface area (Å²) in [6, 6.07) is 17.9. The number of ether oxygens (including phenoxy) is 3. The Morgan fingerprint density at radius 2 is 1.72 bits per heavy atom. The Morgan fingerprint density at radius 3 is 2.50 bits per heavy atom. The Kier molecular flexibility index (Phi) is 7.64. The highest BCUT2D eigenvalue weighted by atomic mass is 17.3. The fraction of sp³-hybridized carbons (Fsp3) is 0.571. The number of carbonyl (C=O) groups excluding carboxylic acids is 1. The molecule has 1 amide bonds. The maximum Gasteiger partial charge on any atom is 0.253 e. The molecule has 0 radical (unpaired) electrons. The Balaban J connectivity index is 0.893. The van der Waals surface area contributed by atoms with Gasteiger partial charge in [-0.05, 0) is 74.4 Å². The number of fused-ring (bicyclic) bond motifs is 2. The lowest BCUT2D eigenvalue weighted by Crippen LogP contribution is -2.70. The van der Waals surface area contributed by atoms with Gasteiger partial charge >= 0.3 is 0 Å². The van der Waals surface area contributed by atoms with Crippen LogP contribution in [0, 0.1) is 23.7 Å². The van der Waals surface area contributed by atoms with Gasteiger partial charge in [0.05, 0.1) is 18.5 Å². The fourth-order valence-electron chi connectivity index (χ4n) is 8.47. The minimum absolute atomic E-state index is 0.0471. The first-order chi connectivity index (χ1) is 22.3. The summed E-state index contributed by atoms with van der Waals surface area (Å²) in [5.41, 5.74) is 2.77. The van der Waals surface area contributed by atoms with Crippen LogP contribution in [0.5, 0.6) is 0 Å². The number of carbonyl (C=O) groups is 1. The van der Waals surface area contributed by atoms with E-state index in [2.05, 4.69) is 41.2 Å². The molecule has 6 heterocycles. The molecule has 1 aromatic heterocycles. The lowest BCUT2D eigenvalue weighted by molar-refractivity contribution is -0.577. The van der Waals surface area contributed by atoms with Crippen LogP contribution in [0.15, 0.2) is 60.8 Å². The molecule has 2 bridgehead atoms. The number of amides is 1. The molecular weight excluding hydrogens is 586 g/mol. The third-order valence-corrected chi connectivity index (χ3v) is 11.1. The van der Waals surface area contributed by atoms with Crippen molar-refractivity contribution in [3.05, 3.63) is 72.1 Å². The molecule has 6 aliphatic rings. The van der Waals surface area contributed by atoms with Crippen molar-refractivity contribution in [2.75, 3.05) is 31.1 Å². The number of rotatable bonds is 6. The topological polar surface area (TPSA) is 100 Å².